The molecule has 0 radical (unpaired) electrons. The first-order valence-electron chi connectivity index (χ1n) is 39.9. The van der Waals surface area contributed by atoms with Gasteiger partial charge < -0.3 is 257 Å². The predicted octanol–water partition coefficient (Wildman–Crippen LogP) is -21.5. The standard InChI is InChI=1S/C69H124N2O52/c1-70(2)5-22(77)14-102-18-31-56(119-68-47(93)41(87)54(33(113-68)20-104-16-23(78)6-70)118-65-45(91)38(84)36(82)27(10-73)110-65)50(96)58(62(100)108-31)123-122-57-49(95)52(29(12-75)107-61(57)99)116-67-46(92)40(86)53(117-64-44(90)37(83)35(81)26(9-72)109-64)32(112-67)19-103-15-24(79)7-71(3,4)8-25(80)17-105-21-34-55(120-69-63(101)121-59(97)30(13-76)111-69)42(88)48(94)66(114-34)115-51-28(11-74)106-60(98)43(89)39(51)85/h22-69,72-101H,5-21H2,1-4H3/q+2. The SMILES string of the molecule is C[N+](C)(CC(O)COCC1OC(OC2C(CO)OC(O)C(O)C2O)C(O)C(O)C1OC1OC(CO)C(O)OC1O)CC(O)COCC1OC(OC2C(CO)OC(O)C(OOC3C(O)OC4COCC(O)C[N+](C)(C)CC(O)COCC5OC(OC4C3O)C(O)C(O)C5OC3OC(CO)C(O)C(O)C3O)C2O)C(O)C(O)C1OC1OC(CO)C(O)C(O)C1O. The highest BCUT2D eigenvalue weighted by Crippen LogP contribution is 2.39. The molecule has 720 valence electrons. The van der Waals surface area contributed by atoms with E-state index in [-0.39, 0.29) is 35.1 Å². The molecule has 48 unspecified atom stereocenters. The van der Waals surface area contributed by atoms with Crippen molar-refractivity contribution in [3.05, 3.63) is 0 Å². The van der Waals surface area contributed by atoms with E-state index in [4.69, 9.17) is 105 Å². The Balaban J connectivity index is 0.799. The number of hydrogen-bond donors (Lipinski definition) is 30. The van der Waals surface area contributed by atoms with Crippen molar-refractivity contribution in [1.29, 1.82) is 0 Å². The lowest BCUT2D eigenvalue weighted by Gasteiger charge is -2.49. The molecule has 2 bridgehead atoms. The van der Waals surface area contributed by atoms with Crippen LogP contribution in [0.4, 0.5) is 0 Å². The minimum absolute atomic E-state index is 0.0228. The van der Waals surface area contributed by atoms with Gasteiger partial charge in [-0.2, -0.15) is 0 Å². The fourth-order valence-corrected chi connectivity index (χ4v) is 16.0. The summed E-state index contributed by atoms with van der Waals surface area (Å²) in [5.41, 5.74) is 0. The Kier molecular flexibility index (Phi) is 38.1. The van der Waals surface area contributed by atoms with E-state index in [0.29, 0.717) is 0 Å². The Morgan fingerprint density at radius 1 is 0.309 bits per heavy atom. The van der Waals surface area contributed by atoms with Crippen molar-refractivity contribution in [2.24, 2.45) is 0 Å². The summed E-state index contributed by atoms with van der Waals surface area (Å²) in [5.74, 6) is 0. The smallest absolute Gasteiger partial charge is 0.210 e. The highest BCUT2D eigenvalue weighted by Gasteiger charge is 2.60. The van der Waals surface area contributed by atoms with Crippen molar-refractivity contribution >= 4 is 0 Å². The van der Waals surface area contributed by atoms with E-state index in [2.05, 4.69) is 0 Å². The maximum Gasteiger partial charge on any atom is 0.210 e. The third kappa shape index (κ3) is 25.2. The van der Waals surface area contributed by atoms with E-state index in [9.17, 15) is 153 Å². The quantitative estimate of drug-likeness (QED) is 0.0180. The van der Waals surface area contributed by atoms with E-state index in [1.54, 1.807) is 28.2 Å². The molecule has 0 aromatic heterocycles. The lowest BCUT2D eigenvalue weighted by molar-refractivity contribution is -0.896. The second-order valence-electron chi connectivity index (χ2n) is 33.2. The normalized spacial score (nSPS) is 48.9. The second-order valence-corrected chi connectivity index (χ2v) is 33.2. The van der Waals surface area contributed by atoms with Crippen LogP contribution in [-0.2, 0) is 105 Å². The molecule has 10 saturated heterocycles. The molecular weight excluding hydrogens is 1690 g/mol. The molecule has 10 rings (SSSR count). The first kappa shape index (κ1) is 103. The van der Waals surface area contributed by atoms with Crippen molar-refractivity contribution in [3.8, 4) is 0 Å². The van der Waals surface area contributed by atoms with Crippen LogP contribution in [0.15, 0.2) is 0 Å². The Bertz CT molecular complexity index is 3090. The number of ether oxygens (including phenoxy) is 20. The zero-order valence-corrected chi connectivity index (χ0v) is 67.0. The molecule has 10 aliphatic rings. The van der Waals surface area contributed by atoms with Crippen LogP contribution in [0.3, 0.4) is 0 Å². The van der Waals surface area contributed by atoms with E-state index in [1.165, 1.54) is 0 Å². The first-order valence-corrected chi connectivity index (χ1v) is 39.9. The molecule has 10 fully saturated rings. The molecule has 0 aliphatic carbocycles. The monoisotopic (exact) mass is 1810 g/mol. The molecular formula is C69H124N2O52+2. The highest BCUT2D eigenvalue weighted by atomic mass is 17.2. The summed E-state index contributed by atoms with van der Waals surface area (Å²) in [7, 11) is 6.42. The number of hydrogen-bond acceptors (Lipinski definition) is 52. The number of fused-ring (bicyclic) bond motifs is 3. The van der Waals surface area contributed by atoms with Gasteiger partial charge in [-0.3, -0.25) is 0 Å². The van der Waals surface area contributed by atoms with Crippen LogP contribution in [0.2, 0.25) is 0 Å². The van der Waals surface area contributed by atoms with E-state index in [1.807, 2.05) is 0 Å². The largest absolute Gasteiger partial charge is 0.394 e. The van der Waals surface area contributed by atoms with Crippen molar-refractivity contribution < 1.29 is 267 Å². The Labute approximate surface area is 700 Å². The average molecular weight is 1810 g/mol. The van der Waals surface area contributed by atoms with Gasteiger partial charge in [-0.1, -0.05) is 0 Å². The highest BCUT2D eigenvalue weighted by molar-refractivity contribution is 5.01. The molecule has 54 nitrogen and oxygen atoms in total. The van der Waals surface area contributed by atoms with Gasteiger partial charge in [0.2, 0.25) is 12.6 Å². The van der Waals surface area contributed by atoms with Gasteiger partial charge in [0.25, 0.3) is 0 Å². The fourth-order valence-electron chi connectivity index (χ4n) is 16.0. The number of aliphatic hydroxyl groups is 30. The maximum absolute atomic E-state index is 12.2. The van der Waals surface area contributed by atoms with Crippen LogP contribution in [-0.4, -0.2) is 597 Å². The minimum atomic E-state index is -2.35. The molecule has 0 aromatic rings. The maximum atomic E-state index is 12.2. The van der Waals surface area contributed by atoms with Crippen LogP contribution in [0, 0.1) is 0 Å². The molecule has 48 atom stereocenters. The van der Waals surface area contributed by atoms with Gasteiger partial charge >= 0.3 is 0 Å². The molecule has 0 aromatic carbocycles. The van der Waals surface area contributed by atoms with Gasteiger partial charge in [0.15, 0.2) is 68.8 Å². The lowest BCUT2D eigenvalue weighted by atomic mass is 9.96. The zero-order chi connectivity index (χ0) is 90.3. The topological polar surface area (TPSA) is 810 Å². The summed E-state index contributed by atoms with van der Waals surface area (Å²) >= 11 is 0. The predicted molar refractivity (Wildman–Crippen MR) is 379 cm³/mol. The van der Waals surface area contributed by atoms with Crippen molar-refractivity contribution in [2.45, 2.75) is 295 Å². The minimum Gasteiger partial charge on any atom is -0.394 e. The molecule has 10 aliphatic heterocycles. The summed E-state index contributed by atoms with van der Waals surface area (Å²) < 4.78 is 114. The lowest BCUT2D eigenvalue weighted by Crippen LogP contribution is -2.67. The van der Waals surface area contributed by atoms with Crippen LogP contribution in [0.25, 0.3) is 0 Å². The summed E-state index contributed by atoms with van der Waals surface area (Å²) in [6.45, 7) is -10.1. The van der Waals surface area contributed by atoms with Gasteiger partial charge in [-0.25, -0.2) is 9.78 Å². The Hall–Kier alpha value is -2.16. The van der Waals surface area contributed by atoms with Gasteiger partial charge in [0.1, 0.15) is 240 Å². The number of nitrogens with zero attached hydrogens (tertiary/aromatic N) is 2. The van der Waals surface area contributed by atoms with Crippen LogP contribution < -0.4 is 0 Å². The van der Waals surface area contributed by atoms with E-state index >= 15 is 0 Å². The van der Waals surface area contributed by atoms with Crippen LogP contribution >= 0.6 is 0 Å². The fraction of sp³-hybridized carbons (Fsp3) is 1.00. The summed E-state index contributed by atoms with van der Waals surface area (Å²) in [5, 5.41) is 328. The molecule has 10 heterocycles. The average Bonchev–Trinajstić information content (AvgIpc) is 1.13. The third-order valence-electron chi connectivity index (χ3n) is 22.4. The molecule has 30 N–H and O–H groups in total. The Morgan fingerprint density at radius 2 is 0.683 bits per heavy atom. The third-order valence-corrected chi connectivity index (χ3v) is 22.4. The second kappa shape index (κ2) is 45.5. The summed E-state index contributed by atoms with van der Waals surface area (Å²) in [6.07, 6.45) is -92.2. The van der Waals surface area contributed by atoms with Crippen LogP contribution in [0.5, 0.6) is 0 Å². The molecule has 0 amide bonds. The van der Waals surface area contributed by atoms with Crippen LogP contribution in [0.1, 0.15) is 0 Å². The van der Waals surface area contributed by atoms with Crippen molar-refractivity contribution in [1.82, 2.24) is 0 Å². The van der Waals surface area contributed by atoms with E-state index < -0.39 is 381 Å². The molecule has 0 saturated carbocycles. The molecule has 0 spiro atoms. The zero-order valence-electron chi connectivity index (χ0n) is 67.0. The molecule has 54 heteroatoms. The number of aliphatic hydroxyl groups excluding tert-OH is 30. The molecule has 123 heavy (non-hydrogen) atoms. The number of rotatable bonds is 30. The van der Waals surface area contributed by atoms with Crippen molar-refractivity contribution in [2.75, 3.05) is 140 Å². The van der Waals surface area contributed by atoms with Crippen molar-refractivity contribution in [3.63, 3.8) is 0 Å². The van der Waals surface area contributed by atoms with Gasteiger partial charge in [0, 0.05) is 0 Å². The Morgan fingerprint density at radius 3 is 1.15 bits per heavy atom. The van der Waals surface area contributed by atoms with Gasteiger partial charge in [-0.05, 0) is 0 Å². The first-order chi connectivity index (χ1) is 58.0. The summed E-state index contributed by atoms with van der Waals surface area (Å²) in [6, 6.07) is 0. The van der Waals surface area contributed by atoms with Gasteiger partial charge in [-0.15, -0.1) is 0 Å². The number of quaternary nitrogens is 2. The van der Waals surface area contributed by atoms with E-state index in [0.717, 1.165) is 0 Å². The summed E-state index contributed by atoms with van der Waals surface area (Å²) in [4.78, 5) is 10.9. The number of likely N-dealkylation sites (N-methyl/N-ethyl adjacent to an activating group) is 2. The van der Waals surface area contributed by atoms with Gasteiger partial charge in [0.05, 0.1) is 114 Å².